The molecule has 0 radical (unpaired) electrons. The van der Waals surface area contributed by atoms with Crippen LogP contribution in [0.5, 0.6) is 23.0 Å². The number of rotatable bonds is 28. The number of hydrogen-bond acceptors (Lipinski definition) is 14. The Morgan fingerprint density at radius 2 is 1.18 bits per heavy atom. The number of hydrazone groups is 1. The summed E-state index contributed by atoms with van der Waals surface area (Å²) in [4.78, 5) is 54.0. The SMILES string of the molecule is C=CC(=O)OCCCCCCOc1ccc(C(=O)Oc2ccc(OC(=O)c3ccc(OCCCCCCOC(=O)C=C)cc3)c(C=NN(CCC(C)C)c3nc4ccccc4s3)c2)cc1. The molecule has 1 heterocycles. The van der Waals surface area contributed by atoms with Crippen molar-refractivity contribution in [2.75, 3.05) is 38.0 Å². The highest BCUT2D eigenvalue weighted by molar-refractivity contribution is 7.22. The van der Waals surface area contributed by atoms with Gasteiger partial charge in [-0.3, -0.25) is 0 Å². The molecule has 1 aromatic heterocycles. The summed E-state index contributed by atoms with van der Waals surface area (Å²) in [5.74, 6) is 0.0801. The zero-order valence-electron chi connectivity index (χ0n) is 37.1. The zero-order chi connectivity index (χ0) is 46.2. The third-order valence-corrected chi connectivity index (χ3v) is 10.8. The molecular weight excluding hydrogens is 847 g/mol. The molecule has 0 atom stereocenters. The monoisotopic (exact) mass is 903 g/mol. The quantitative estimate of drug-likeness (QED) is 0.0117. The summed E-state index contributed by atoms with van der Waals surface area (Å²) in [6, 6.07) is 26.1. The number of anilines is 1. The molecule has 0 spiro atoms. The maximum absolute atomic E-state index is 13.5. The Bertz CT molecular complexity index is 2330. The fourth-order valence-corrected chi connectivity index (χ4v) is 7.08. The molecular formula is C51H57N3O10S. The molecule has 0 aliphatic rings. The van der Waals surface area contributed by atoms with Crippen LogP contribution in [0.1, 0.15) is 97.9 Å². The van der Waals surface area contributed by atoms with E-state index >= 15 is 0 Å². The number of fused-ring (bicyclic) bond motifs is 1. The molecule has 0 saturated heterocycles. The number of esters is 4. The van der Waals surface area contributed by atoms with E-state index in [9.17, 15) is 19.2 Å². The predicted octanol–water partition coefficient (Wildman–Crippen LogP) is 11.0. The van der Waals surface area contributed by atoms with E-state index in [1.165, 1.54) is 11.3 Å². The average Bonchev–Trinajstić information content (AvgIpc) is 3.75. The van der Waals surface area contributed by atoms with Gasteiger partial charge in [-0.1, -0.05) is 50.5 Å². The summed E-state index contributed by atoms with van der Waals surface area (Å²) in [5, 5.41) is 7.40. The second-order valence-corrected chi connectivity index (χ2v) is 16.3. The van der Waals surface area contributed by atoms with Crippen molar-refractivity contribution in [2.24, 2.45) is 11.0 Å². The zero-order valence-corrected chi connectivity index (χ0v) is 37.9. The van der Waals surface area contributed by atoms with E-state index in [1.54, 1.807) is 72.9 Å². The van der Waals surface area contributed by atoms with E-state index in [0.29, 0.717) is 72.2 Å². The summed E-state index contributed by atoms with van der Waals surface area (Å²) in [7, 11) is 0. The van der Waals surface area contributed by atoms with Gasteiger partial charge in [-0.2, -0.15) is 5.10 Å². The number of hydrogen-bond donors (Lipinski definition) is 0. The van der Waals surface area contributed by atoms with Gasteiger partial charge in [0.15, 0.2) is 0 Å². The van der Waals surface area contributed by atoms with Gasteiger partial charge in [-0.25, -0.2) is 29.2 Å². The number of carbonyl (C=O) groups excluding carboxylic acids is 4. The lowest BCUT2D eigenvalue weighted by Crippen LogP contribution is -2.19. The van der Waals surface area contributed by atoms with Crippen LogP contribution in [-0.2, 0) is 19.1 Å². The Hall–Kier alpha value is -6.80. The first-order valence-corrected chi connectivity index (χ1v) is 22.7. The van der Waals surface area contributed by atoms with Crippen LogP contribution in [0.15, 0.2) is 121 Å². The molecule has 14 heteroatoms. The van der Waals surface area contributed by atoms with Crippen LogP contribution in [0.25, 0.3) is 10.2 Å². The van der Waals surface area contributed by atoms with Gasteiger partial charge in [0.2, 0.25) is 5.13 Å². The highest BCUT2D eigenvalue weighted by Crippen LogP contribution is 2.31. The maximum Gasteiger partial charge on any atom is 0.343 e. The lowest BCUT2D eigenvalue weighted by Gasteiger charge is -2.17. The highest BCUT2D eigenvalue weighted by Gasteiger charge is 2.17. The molecule has 5 aromatic rings. The van der Waals surface area contributed by atoms with Gasteiger partial charge in [0, 0.05) is 24.3 Å². The first-order valence-electron chi connectivity index (χ1n) is 21.9. The number of aromatic nitrogens is 1. The molecule has 0 fully saturated rings. The van der Waals surface area contributed by atoms with Gasteiger partial charge in [0.25, 0.3) is 0 Å². The lowest BCUT2D eigenvalue weighted by molar-refractivity contribution is -0.138. The first-order chi connectivity index (χ1) is 31.6. The Labute approximate surface area is 384 Å². The predicted molar refractivity (Wildman–Crippen MR) is 253 cm³/mol. The van der Waals surface area contributed by atoms with Gasteiger partial charge in [0.05, 0.1) is 54.0 Å². The van der Waals surface area contributed by atoms with Crippen molar-refractivity contribution in [3.05, 3.63) is 133 Å². The fraction of sp³-hybridized carbons (Fsp3) is 0.333. The van der Waals surface area contributed by atoms with Crippen LogP contribution in [0.3, 0.4) is 0 Å². The van der Waals surface area contributed by atoms with Gasteiger partial charge in [-0.15, -0.1) is 0 Å². The molecule has 342 valence electrons. The molecule has 0 saturated carbocycles. The van der Waals surface area contributed by atoms with Gasteiger partial charge >= 0.3 is 23.9 Å². The van der Waals surface area contributed by atoms with E-state index in [2.05, 4.69) is 27.0 Å². The van der Waals surface area contributed by atoms with Crippen molar-refractivity contribution in [3.8, 4) is 23.0 Å². The Balaban J connectivity index is 1.24. The van der Waals surface area contributed by atoms with Crippen molar-refractivity contribution in [2.45, 2.75) is 71.6 Å². The number of ether oxygens (including phenoxy) is 6. The molecule has 0 N–H and O–H groups in total. The van der Waals surface area contributed by atoms with Gasteiger partial charge in [-0.05, 0) is 143 Å². The van der Waals surface area contributed by atoms with Crippen molar-refractivity contribution in [3.63, 3.8) is 0 Å². The molecule has 0 aliphatic heterocycles. The number of nitrogens with zero attached hydrogens (tertiary/aromatic N) is 3. The van der Waals surface area contributed by atoms with Crippen molar-refractivity contribution in [1.29, 1.82) is 0 Å². The van der Waals surface area contributed by atoms with E-state index in [1.807, 2.05) is 29.3 Å². The second-order valence-electron chi connectivity index (χ2n) is 15.3. The Morgan fingerprint density at radius 3 is 1.72 bits per heavy atom. The molecule has 0 bridgehead atoms. The topological polar surface area (TPSA) is 152 Å². The second kappa shape index (κ2) is 26.7. The number of benzene rings is 4. The summed E-state index contributed by atoms with van der Waals surface area (Å²) in [6.45, 7) is 13.4. The third kappa shape index (κ3) is 17.0. The van der Waals surface area contributed by atoms with Crippen LogP contribution in [-0.4, -0.2) is 68.0 Å². The molecule has 0 aliphatic carbocycles. The van der Waals surface area contributed by atoms with E-state index in [-0.39, 0.29) is 11.5 Å². The molecule has 0 amide bonds. The Kier molecular flexibility index (Phi) is 20.2. The molecule has 13 nitrogen and oxygen atoms in total. The minimum Gasteiger partial charge on any atom is -0.494 e. The smallest absolute Gasteiger partial charge is 0.343 e. The lowest BCUT2D eigenvalue weighted by atomic mass is 10.1. The standard InChI is InChI=1S/C51H57N3O10S/c1-5-47(55)61-33-15-9-7-13-31-59-41-23-19-38(20-24-41)49(57)63-43-27-28-45(40(35-43)36-52-54(30-29-37(3)4)51-53-44-17-11-12-18-46(44)65-51)64-50(58)39-21-25-42(26-22-39)60-32-14-8-10-16-34-62-48(56)6-2/h5-6,11-12,17-28,35-37H,1-2,7-10,13-16,29-34H2,3-4H3. The van der Waals surface area contributed by atoms with Gasteiger partial charge < -0.3 is 28.4 Å². The number of thiazole rings is 1. The number of carbonyl (C=O) groups is 4. The van der Waals surface area contributed by atoms with Crippen LogP contribution in [0.2, 0.25) is 0 Å². The number of para-hydroxylation sites is 1. The summed E-state index contributed by atoms with van der Waals surface area (Å²) < 4.78 is 34.5. The van der Waals surface area contributed by atoms with Crippen molar-refractivity contribution in [1.82, 2.24) is 4.98 Å². The summed E-state index contributed by atoms with van der Waals surface area (Å²) in [5.41, 5.74) is 1.91. The summed E-state index contributed by atoms with van der Waals surface area (Å²) >= 11 is 1.53. The van der Waals surface area contributed by atoms with Crippen LogP contribution in [0, 0.1) is 5.92 Å². The van der Waals surface area contributed by atoms with Crippen LogP contribution < -0.4 is 24.0 Å². The van der Waals surface area contributed by atoms with E-state index in [0.717, 1.165) is 80.2 Å². The van der Waals surface area contributed by atoms with Crippen LogP contribution >= 0.6 is 11.3 Å². The van der Waals surface area contributed by atoms with Gasteiger partial charge in [0.1, 0.15) is 23.0 Å². The molecule has 4 aromatic carbocycles. The van der Waals surface area contributed by atoms with Crippen molar-refractivity contribution < 1.29 is 47.6 Å². The van der Waals surface area contributed by atoms with Crippen molar-refractivity contribution >= 4 is 56.8 Å². The number of unbranched alkanes of at least 4 members (excludes halogenated alkanes) is 6. The normalized spacial score (nSPS) is 11.0. The van der Waals surface area contributed by atoms with E-state index in [4.69, 9.17) is 38.5 Å². The fourth-order valence-electron chi connectivity index (χ4n) is 6.13. The minimum atomic E-state index is -0.593. The summed E-state index contributed by atoms with van der Waals surface area (Å²) in [6.07, 6.45) is 11.6. The maximum atomic E-state index is 13.5. The molecule has 65 heavy (non-hydrogen) atoms. The highest BCUT2D eigenvalue weighted by atomic mass is 32.1. The third-order valence-electron chi connectivity index (χ3n) is 9.77. The largest absolute Gasteiger partial charge is 0.494 e. The average molecular weight is 904 g/mol. The molecule has 5 rings (SSSR count). The van der Waals surface area contributed by atoms with E-state index < -0.39 is 23.9 Å². The molecule has 0 unspecified atom stereocenters. The van der Waals surface area contributed by atoms with Crippen LogP contribution in [0.4, 0.5) is 5.13 Å². The first kappa shape index (κ1) is 49.2. The minimum absolute atomic E-state index is 0.212. The Morgan fingerprint density at radius 1 is 0.662 bits per heavy atom.